The molecule has 0 spiro atoms. The van der Waals surface area contributed by atoms with Crippen molar-refractivity contribution in [2.45, 2.75) is 24.7 Å². The standard InChI is InChI=1S/C10H10F5NO.ClH/c11-6-2-1-5(3-7(6)12)8(17)4-9(16)10(13,14)15;/h1-3,8-9,17H,4,16H2;1H/t8-,9+;/m0./s1. The number of aliphatic hydroxyl groups excluding tert-OH is 1. The lowest BCUT2D eigenvalue weighted by Crippen LogP contribution is -2.38. The SMILES string of the molecule is Cl.N[C@H](C[C@H](O)c1ccc(F)c(F)c1)C(F)(F)F. The Balaban J connectivity index is 0.00000289. The van der Waals surface area contributed by atoms with Crippen molar-refractivity contribution >= 4 is 12.4 Å². The van der Waals surface area contributed by atoms with Gasteiger partial charge in [0.2, 0.25) is 0 Å². The van der Waals surface area contributed by atoms with Crippen LogP contribution >= 0.6 is 12.4 Å². The van der Waals surface area contributed by atoms with Gasteiger partial charge < -0.3 is 10.8 Å². The van der Waals surface area contributed by atoms with Crippen LogP contribution in [0.1, 0.15) is 18.1 Å². The maximum Gasteiger partial charge on any atom is 0.403 e. The molecule has 3 N–H and O–H groups in total. The van der Waals surface area contributed by atoms with Crippen molar-refractivity contribution in [1.29, 1.82) is 0 Å². The van der Waals surface area contributed by atoms with Crippen LogP contribution in [-0.4, -0.2) is 17.3 Å². The Morgan fingerprint density at radius 3 is 2.17 bits per heavy atom. The summed E-state index contributed by atoms with van der Waals surface area (Å²) < 4.78 is 61.6. The number of hydrogen-bond acceptors (Lipinski definition) is 2. The number of nitrogens with two attached hydrogens (primary N) is 1. The first-order chi connectivity index (χ1) is 7.71. The van der Waals surface area contributed by atoms with E-state index in [9.17, 15) is 27.1 Å². The predicted octanol–water partition coefficient (Wildman–Crippen LogP) is 2.70. The van der Waals surface area contributed by atoms with Crippen molar-refractivity contribution in [3.05, 3.63) is 35.4 Å². The minimum atomic E-state index is -4.64. The molecule has 0 saturated heterocycles. The van der Waals surface area contributed by atoms with Crippen LogP contribution in [0.5, 0.6) is 0 Å². The van der Waals surface area contributed by atoms with Crippen molar-refractivity contribution < 1.29 is 27.1 Å². The highest BCUT2D eigenvalue weighted by molar-refractivity contribution is 5.85. The monoisotopic (exact) mass is 291 g/mol. The van der Waals surface area contributed by atoms with Gasteiger partial charge in [0.05, 0.1) is 6.10 Å². The van der Waals surface area contributed by atoms with Gasteiger partial charge >= 0.3 is 6.18 Å². The highest BCUT2D eigenvalue weighted by atomic mass is 35.5. The normalized spacial score (nSPS) is 14.8. The summed E-state index contributed by atoms with van der Waals surface area (Å²) in [5.41, 5.74) is 4.65. The number of benzene rings is 1. The summed E-state index contributed by atoms with van der Waals surface area (Å²) in [4.78, 5) is 0. The van der Waals surface area contributed by atoms with Crippen LogP contribution in [0.2, 0.25) is 0 Å². The highest BCUT2D eigenvalue weighted by Gasteiger charge is 2.38. The fourth-order valence-corrected chi connectivity index (χ4v) is 1.23. The van der Waals surface area contributed by atoms with E-state index in [1.807, 2.05) is 0 Å². The lowest BCUT2D eigenvalue weighted by atomic mass is 10.0. The van der Waals surface area contributed by atoms with Crippen molar-refractivity contribution in [1.82, 2.24) is 0 Å². The minimum Gasteiger partial charge on any atom is -0.388 e. The lowest BCUT2D eigenvalue weighted by molar-refractivity contribution is -0.153. The van der Waals surface area contributed by atoms with Crippen molar-refractivity contribution in [3.8, 4) is 0 Å². The van der Waals surface area contributed by atoms with E-state index >= 15 is 0 Å². The summed E-state index contributed by atoms with van der Waals surface area (Å²) in [5.74, 6) is -2.37. The second-order valence-electron chi connectivity index (χ2n) is 3.57. The molecule has 0 aromatic heterocycles. The second kappa shape index (κ2) is 6.31. The molecule has 0 saturated carbocycles. The molecule has 2 nitrogen and oxygen atoms in total. The van der Waals surface area contributed by atoms with Gasteiger partial charge in [-0.2, -0.15) is 13.2 Å². The lowest BCUT2D eigenvalue weighted by Gasteiger charge is -2.19. The number of aliphatic hydroxyl groups is 1. The van der Waals surface area contributed by atoms with E-state index in [0.717, 1.165) is 12.1 Å². The summed E-state index contributed by atoms with van der Waals surface area (Å²) in [5, 5.41) is 9.40. The number of hydrogen-bond donors (Lipinski definition) is 2. The molecule has 104 valence electrons. The third kappa shape index (κ3) is 4.40. The van der Waals surface area contributed by atoms with Gasteiger partial charge in [0.1, 0.15) is 6.04 Å². The number of halogens is 6. The molecule has 2 atom stereocenters. The third-order valence-corrected chi connectivity index (χ3v) is 2.23. The van der Waals surface area contributed by atoms with Gasteiger partial charge in [0.15, 0.2) is 11.6 Å². The van der Waals surface area contributed by atoms with Gasteiger partial charge in [-0.25, -0.2) is 8.78 Å². The quantitative estimate of drug-likeness (QED) is 0.841. The van der Waals surface area contributed by atoms with Gasteiger partial charge in [-0.05, 0) is 17.7 Å². The molecule has 0 radical (unpaired) electrons. The van der Waals surface area contributed by atoms with E-state index in [0.29, 0.717) is 6.07 Å². The van der Waals surface area contributed by atoms with Crippen LogP contribution < -0.4 is 5.73 Å². The molecule has 8 heteroatoms. The molecule has 0 aliphatic rings. The fourth-order valence-electron chi connectivity index (χ4n) is 1.23. The Bertz CT molecular complexity index is 398. The average Bonchev–Trinajstić information content (AvgIpc) is 2.20. The van der Waals surface area contributed by atoms with Gasteiger partial charge in [-0.15, -0.1) is 12.4 Å². The molecule has 0 heterocycles. The molecule has 0 unspecified atom stereocenters. The maximum atomic E-state index is 12.8. The fraction of sp³-hybridized carbons (Fsp3) is 0.400. The molecule has 0 aliphatic heterocycles. The van der Waals surface area contributed by atoms with Crippen LogP contribution in [0.15, 0.2) is 18.2 Å². The highest BCUT2D eigenvalue weighted by Crippen LogP contribution is 2.27. The van der Waals surface area contributed by atoms with E-state index in [-0.39, 0.29) is 18.0 Å². The van der Waals surface area contributed by atoms with Gasteiger partial charge in [-0.3, -0.25) is 0 Å². The minimum absolute atomic E-state index is 0. The van der Waals surface area contributed by atoms with Crippen LogP contribution in [0.3, 0.4) is 0 Å². The first kappa shape index (κ1) is 17.1. The Hall–Kier alpha value is -0.920. The first-order valence-corrected chi connectivity index (χ1v) is 4.67. The molecule has 1 rings (SSSR count). The van der Waals surface area contributed by atoms with E-state index in [4.69, 9.17) is 5.73 Å². The Morgan fingerprint density at radius 2 is 1.72 bits per heavy atom. The van der Waals surface area contributed by atoms with E-state index < -0.39 is 36.4 Å². The van der Waals surface area contributed by atoms with E-state index in [2.05, 4.69) is 0 Å². The summed E-state index contributed by atoms with van der Waals surface area (Å²) in [6, 6.07) is 0.160. The summed E-state index contributed by atoms with van der Waals surface area (Å²) >= 11 is 0. The molecule has 0 fully saturated rings. The van der Waals surface area contributed by atoms with Crippen LogP contribution in [0, 0.1) is 11.6 Å². The second-order valence-corrected chi connectivity index (χ2v) is 3.57. The van der Waals surface area contributed by atoms with E-state index in [1.165, 1.54) is 0 Å². The van der Waals surface area contributed by atoms with Gasteiger partial charge in [0.25, 0.3) is 0 Å². The number of rotatable bonds is 3. The van der Waals surface area contributed by atoms with E-state index in [1.54, 1.807) is 0 Å². The van der Waals surface area contributed by atoms with Crippen LogP contribution in [0.4, 0.5) is 22.0 Å². The Morgan fingerprint density at radius 1 is 1.17 bits per heavy atom. The molecule has 0 bridgehead atoms. The maximum absolute atomic E-state index is 12.8. The van der Waals surface area contributed by atoms with Crippen LogP contribution in [0.25, 0.3) is 0 Å². The zero-order valence-electron chi connectivity index (χ0n) is 8.92. The zero-order valence-corrected chi connectivity index (χ0v) is 9.73. The smallest absolute Gasteiger partial charge is 0.388 e. The van der Waals surface area contributed by atoms with Crippen molar-refractivity contribution in [3.63, 3.8) is 0 Å². The molecule has 1 aromatic rings. The Kier molecular flexibility index (Phi) is 5.98. The Labute approximate surface area is 106 Å². The number of alkyl halides is 3. The molecular formula is C10H11ClF5NO. The van der Waals surface area contributed by atoms with Crippen molar-refractivity contribution in [2.24, 2.45) is 5.73 Å². The van der Waals surface area contributed by atoms with Gasteiger partial charge in [-0.1, -0.05) is 6.07 Å². The zero-order chi connectivity index (χ0) is 13.2. The average molecular weight is 292 g/mol. The largest absolute Gasteiger partial charge is 0.403 e. The molecule has 0 amide bonds. The third-order valence-electron chi connectivity index (χ3n) is 2.23. The van der Waals surface area contributed by atoms with Crippen LogP contribution in [-0.2, 0) is 0 Å². The first-order valence-electron chi connectivity index (χ1n) is 4.67. The topological polar surface area (TPSA) is 46.2 Å². The molecule has 18 heavy (non-hydrogen) atoms. The van der Waals surface area contributed by atoms with Gasteiger partial charge in [0, 0.05) is 6.42 Å². The molecular weight excluding hydrogens is 281 g/mol. The predicted molar refractivity (Wildman–Crippen MR) is 57.2 cm³/mol. The summed E-state index contributed by atoms with van der Waals surface area (Å²) in [6.07, 6.45) is -7.05. The molecule has 0 aliphatic carbocycles. The summed E-state index contributed by atoms with van der Waals surface area (Å²) in [6.45, 7) is 0. The van der Waals surface area contributed by atoms with Crippen molar-refractivity contribution in [2.75, 3.05) is 0 Å². The summed E-state index contributed by atoms with van der Waals surface area (Å²) in [7, 11) is 0. The molecule has 1 aromatic carbocycles.